The third-order valence-electron chi connectivity index (χ3n) is 1.88. The molecule has 0 spiro atoms. The minimum Gasteiger partial charge on any atom is -0.481 e. The highest BCUT2D eigenvalue weighted by Crippen LogP contribution is 2.23. The number of rotatable bonds is 1. The fraction of sp³-hybridized carbons (Fsp3) is 0.375. The molecule has 0 atom stereocenters. The normalized spacial score (nSPS) is 11.8. The Bertz CT molecular complexity index is 281. The summed E-state index contributed by atoms with van der Waals surface area (Å²) in [6.07, 6.45) is 2.90. The molecule has 13 heavy (non-hydrogen) atoms. The molecule has 1 aliphatic rings. The summed E-state index contributed by atoms with van der Waals surface area (Å²) in [6, 6.07) is 1.98. The maximum Gasteiger partial charge on any atom is 0.213 e. The Kier molecular flexibility index (Phi) is 4.88. The molecular weight excluding hydrogens is 211 g/mol. The lowest BCUT2D eigenvalue weighted by Crippen LogP contribution is -1.91. The fourth-order valence-electron chi connectivity index (χ4n) is 1.28. The van der Waals surface area contributed by atoms with E-state index < -0.39 is 0 Å². The lowest BCUT2D eigenvalue weighted by Gasteiger charge is -2.00. The highest BCUT2D eigenvalue weighted by atomic mass is 35.5. The van der Waals surface area contributed by atoms with Gasteiger partial charge in [0, 0.05) is 12.6 Å². The van der Waals surface area contributed by atoms with Crippen LogP contribution in [0.25, 0.3) is 0 Å². The van der Waals surface area contributed by atoms with Gasteiger partial charge in [-0.2, -0.15) is 0 Å². The van der Waals surface area contributed by atoms with E-state index in [1.54, 1.807) is 7.11 Å². The van der Waals surface area contributed by atoms with Gasteiger partial charge in [0.15, 0.2) is 0 Å². The van der Waals surface area contributed by atoms with Crippen LogP contribution in [0.3, 0.4) is 0 Å². The predicted octanol–water partition coefficient (Wildman–Crippen LogP) is 1.90. The summed E-state index contributed by atoms with van der Waals surface area (Å²) in [5.41, 5.74) is 2.45. The van der Waals surface area contributed by atoms with Crippen molar-refractivity contribution in [1.29, 1.82) is 0 Å². The van der Waals surface area contributed by atoms with Gasteiger partial charge in [-0.05, 0) is 12.0 Å². The standard InChI is InChI=1S/C8H10N2O.2ClH/c1-11-8-4-6-2-3-9-7(6)5-10-8;;/h4-5,9H,2-3H2,1H3;2*1H. The van der Waals surface area contributed by atoms with Gasteiger partial charge in [-0.25, -0.2) is 4.98 Å². The Balaban J connectivity index is 0.000000720. The van der Waals surface area contributed by atoms with E-state index in [2.05, 4.69) is 10.3 Å². The molecule has 0 unspecified atom stereocenters. The van der Waals surface area contributed by atoms with E-state index in [9.17, 15) is 0 Å². The van der Waals surface area contributed by atoms with E-state index in [1.807, 2.05) is 12.3 Å². The summed E-state index contributed by atoms with van der Waals surface area (Å²) in [5, 5.41) is 3.23. The van der Waals surface area contributed by atoms with Crippen LogP contribution < -0.4 is 10.1 Å². The number of halogens is 2. The monoisotopic (exact) mass is 222 g/mol. The smallest absolute Gasteiger partial charge is 0.213 e. The van der Waals surface area contributed by atoms with Gasteiger partial charge in [-0.1, -0.05) is 0 Å². The van der Waals surface area contributed by atoms with Gasteiger partial charge in [0.1, 0.15) is 0 Å². The zero-order valence-corrected chi connectivity index (χ0v) is 8.87. The Labute approximate surface area is 89.7 Å². The van der Waals surface area contributed by atoms with Crippen LogP contribution in [-0.2, 0) is 6.42 Å². The molecule has 0 saturated heterocycles. The van der Waals surface area contributed by atoms with Crippen molar-refractivity contribution in [3.63, 3.8) is 0 Å². The maximum absolute atomic E-state index is 5.00. The van der Waals surface area contributed by atoms with Crippen LogP contribution in [0.5, 0.6) is 5.88 Å². The van der Waals surface area contributed by atoms with Crippen molar-refractivity contribution in [2.75, 3.05) is 19.0 Å². The van der Waals surface area contributed by atoms with Crippen LogP contribution >= 0.6 is 24.8 Å². The highest BCUT2D eigenvalue weighted by Gasteiger charge is 2.10. The first-order valence-electron chi connectivity index (χ1n) is 3.67. The first-order chi connectivity index (χ1) is 5.40. The molecule has 0 aliphatic carbocycles. The van der Waals surface area contributed by atoms with Gasteiger partial charge in [0.25, 0.3) is 0 Å². The molecular formula is C8H12Cl2N2O. The molecule has 0 fully saturated rings. The Morgan fingerprint density at radius 3 is 2.92 bits per heavy atom. The number of anilines is 1. The van der Waals surface area contributed by atoms with Gasteiger partial charge in [0.2, 0.25) is 5.88 Å². The number of hydrogen-bond donors (Lipinski definition) is 1. The Morgan fingerprint density at radius 2 is 2.23 bits per heavy atom. The molecule has 0 saturated carbocycles. The zero-order valence-electron chi connectivity index (χ0n) is 7.24. The quantitative estimate of drug-likeness (QED) is 0.789. The average Bonchev–Trinajstić information content (AvgIpc) is 2.50. The van der Waals surface area contributed by atoms with Gasteiger partial charge in [-0.3, -0.25) is 0 Å². The predicted molar refractivity (Wildman–Crippen MR) is 57.5 cm³/mol. The fourth-order valence-corrected chi connectivity index (χ4v) is 1.28. The molecule has 74 valence electrons. The average molecular weight is 223 g/mol. The first kappa shape index (κ1) is 12.3. The second-order valence-electron chi connectivity index (χ2n) is 2.56. The summed E-state index contributed by atoms with van der Waals surface area (Å²) in [4.78, 5) is 4.08. The molecule has 3 nitrogen and oxygen atoms in total. The van der Waals surface area contributed by atoms with E-state index in [1.165, 1.54) is 5.56 Å². The minimum atomic E-state index is 0. The van der Waals surface area contributed by atoms with Crippen molar-refractivity contribution in [2.24, 2.45) is 0 Å². The van der Waals surface area contributed by atoms with Crippen LogP contribution in [0.2, 0.25) is 0 Å². The van der Waals surface area contributed by atoms with Gasteiger partial charge in [-0.15, -0.1) is 24.8 Å². The van der Waals surface area contributed by atoms with E-state index in [0.717, 1.165) is 18.7 Å². The number of nitrogens with zero attached hydrogens (tertiary/aromatic N) is 1. The number of methoxy groups -OCH3 is 1. The van der Waals surface area contributed by atoms with Crippen molar-refractivity contribution in [1.82, 2.24) is 4.98 Å². The lowest BCUT2D eigenvalue weighted by molar-refractivity contribution is 0.397. The van der Waals surface area contributed by atoms with Crippen LogP contribution in [0, 0.1) is 0 Å². The second kappa shape index (κ2) is 5.14. The van der Waals surface area contributed by atoms with Crippen LogP contribution in [0.4, 0.5) is 5.69 Å². The zero-order chi connectivity index (χ0) is 7.68. The lowest BCUT2D eigenvalue weighted by atomic mass is 10.2. The molecule has 1 aromatic rings. The molecule has 1 N–H and O–H groups in total. The van der Waals surface area contributed by atoms with Crippen molar-refractivity contribution >= 4 is 30.5 Å². The Morgan fingerprint density at radius 1 is 1.46 bits per heavy atom. The third-order valence-corrected chi connectivity index (χ3v) is 1.88. The van der Waals surface area contributed by atoms with Gasteiger partial charge in [0.05, 0.1) is 19.0 Å². The summed E-state index contributed by atoms with van der Waals surface area (Å²) in [5.74, 6) is 0.701. The molecule has 0 aromatic carbocycles. The third kappa shape index (κ3) is 2.39. The number of nitrogens with one attached hydrogen (secondary N) is 1. The highest BCUT2D eigenvalue weighted by molar-refractivity contribution is 5.85. The molecule has 2 rings (SSSR count). The van der Waals surface area contributed by atoms with Crippen LogP contribution in [-0.4, -0.2) is 18.6 Å². The van der Waals surface area contributed by atoms with Crippen molar-refractivity contribution in [2.45, 2.75) is 6.42 Å². The molecule has 5 heteroatoms. The summed E-state index contributed by atoms with van der Waals surface area (Å²) >= 11 is 0. The molecule has 0 radical (unpaired) electrons. The summed E-state index contributed by atoms with van der Waals surface area (Å²) in [6.45, 7) is 1.02. The van der Waals surface area contributed by atoms with E-state index in [0.29, 0.717) is 5.88 Å². The molecule has 0 bridgehead atoms. The van der Waals surface area contributed by atoms with E-state index in [4.69, 9.17) is 4.74 Å². The van der Waals surface area contributed by atoms with Gasteiger partial charge >= 0.3 is 0 Å². The van der Waals surface area contributed by atoms with Crippen molar-refractivity contribution < 1.29 is 4.74 Å². The summed E-state index contributed by atoms with van der Waals surface area (Å²) < 4.78 is 5.00. The SMILES string of the molecule is COc1cc2c(cn1)NCC2.Cl.Cl. The van der Waals surface area contributed by atoms with Crippen LogP contribution in [0.15, 0.2) is 12.3 Å². The topological polar surface area (TPSA) is 34.1 Å². The van der Waals surface area contributed by atoms with Crippen LogP contribution in [0.1, 0.15) is 5.56 Å². The summed E-state index contributed by atoms with van der Waals surface area (Å²) in [7, 11) is 1.64. The molecule has 1 aliphatic heterocycles. The Hall–Kier alpha value is -0.670. The number of pyridine rings is 1. The number of hydrogen-bond acceptors (Lipinski definition) is 3. The molecule has 2 heterocycles. The second-order valence-corrected chi connectivity index (χ2v) is 2.56. The number of ether oxygens (including phenoxy) is 1. The first-order valence-corrected chi connectivity index (χ1v) is 3.67. The van der Waals surface area contributed by atoms with Gasteiger partial charge < -0.3 is 10.1 Å². The van der Waals surface area contributed by atoms with E-state index >= 15 is 0 Å². The van der Waals surface area contributed by atoms with Crippen molar-refractivity contribution in [3.05, 3.63) is 17.8 Å². The van der Waals surface area contributed by atoms with E-state index in [-0.39, 0.29) is 24.8 Å². The minimum absolute atomic E-state index is 0. The number of fused-ring (bicyclic) bond motifs is 1. The molecule has 0 amide bonds. The maximum atomic E-state index is 5.00. The van der Waals surface area contributed by atoms with Crippen molar-refractivity contribution in [3.8, 4) is 5.88 Å². The number of aromatic nitrogens is 1. The largest absolute Gasteiger partial charge is 0.481 e. The molecule has 1 aromatic heterocycles.